The van der Waals surface area contributed by atoms with Crippen LogP contribution in [0.2, 0.25) is 0 Å². The van der Waals surface area contributed by atoms with Gasteiger partial charge in [-0.2, -0.15) is 0 Å². The molecule has 4 rings (SSSR count). The monoisotopic (exact) mass is 932 g/mol. The van der Waals surface area contributed by atoms with Gasteiger partial charge in [0.2, 0.25) is 17.7 Å². The second-order valence-electron chi connectivity index (χ2n) is 18.7. The van der Waals surface area contributed by atoms with E-state index in [1.807, 2.05) is 63.1 Å². The molecule has 2 N–H and O–H groups in total. The predicted molar refractivity (Wildman–Crippen MR) is 257 cm³/mol. The summed E-state index contributed by atoms with van der Waals surface area (Å²) in [5, 5.41) is 8.20. The van der Waals surface area contributed by atoms with Crippen molar-refractivity contribution >= 4 is 52.4 Å². The van der Waals surface area contributed by atoms with Crippen LogP contribution >= 0.6 is 11.3 Å². The summed E-state index contributed by atoms with van der Waals surface area (Å²) in [7, 11) is 4.87. The minimum absolute atomic E-state index is 0.00533. The SMILES string of the molecule is CC[C@H](C)[C@@H]([C@@H](CC(=O)N1CCC[C@H]1[C@H](OC)[C@@H](C)C(=O)C[C@@H](Cc1ccccc1)c1nccs1)OC)N(C)C(=O)[C@@H](CC(=O)C(C)(C)NC(=O)OCc1ccc(NC(C)=O)cc1)C(C)C. The Labute approximate surface area is 395 Å². The lowest BCUT2D eigenvalue weighted by Crippen LogP contribution is -2.55. The Kier molecular flexibility index (Phi) is 20.5. The Morgan fingerprint density at radius 2 is 1.61 bits per heavy atom. The minimum Gasteiger partial charge on any atom is -0.445 e. The lowest BCUT2D eigenvalue weighted by Gasteiger charge is -2.41. The zero-order valence-corrected chi connectivity index (χ0v) is 41.7. The maximum atomic E-state index is 14.5. The van der Waals surface area contributed by atoms with E-state index in [0.29, 0.717) is 43.5 Å². The van der Waals surface area contributed by atoms with Crippen LogP contribution in [0.5, 0.6) is 0 Å². The van der Waals surface area contributed by atoms with Gasteiger partial charge in [-0.3, -0.25) is 24.0 Å². The third-order valence-electron chi connectivity index (χ3n) is 13.2. The molecule has 14 nitrogen and oxygen atoms in total. The van der Waals surface area contributed by atoms with Crippen LogP contribution in [-0.2, 0) is 51.2 Å². The number of nitrogens with one attached hydrogen (secondary N) is 2. The Bertz CT molecular complexity index is 2040. The predicted octanol–water partition coefficient (Wildman–Crippen LogP) is 8.24. The van der Waals surface area contributed by atoms with Gasteiger partial charge in [0, 0.05) is 82.6 Å². The van der Waals surface area contributed by atoms with Crippen molar-refractivity contribution in [2.75, 3.05) is 33.1 Å². The molecular formula is C51H73N5O9S. The lowest BCUT2D eigenvalue weighted by molar-refractivity contribution is -0.149. The van der Waals surface area contributed by atoms with Gasteiger partial charge in [-0.25, -0.2) is 9.78 Å². The number of benzene rings is 2. The maximum Gasteiger partial charge on any atom is 0.408 e. The van der Waals surface area contributed by atoms with Crippen LogP contribution in [0.3, 0.4) is 0 Å². The Morgan fingerprint density at radius 3 is 2.18 bits per heavy atom. The first kappa shape index (κ1) is 53.6. The standard InChI is InChI=1S/C51H73N5O9S/c1-12-33(4)46(55(9)49(61)40(32(2)3)29-44(59)51(7,8)54-50(62)65-31-37-20-22-39(23-21-37)53-35(6)57)43(63-10)30-45(60)56-25-16-19-41(56)47(64-11)34(5)42(58)28-38(48-52-24-26-66-48)27-36-17-14-13-15-18-36/h13-15,17-18,20-24,26,32-34,38,40-41,43,46-47H,12,16,19,25,27-31H2,1-11H3,(H,53,57)(H,54,62)/t33-,34-,38+,40-,41-,43+,46-,47+/m0/s1. The molecule has 1 aromatic heterocycles. The number of carbonyl (C=O) groups excluding carboxylic acids is 6. The van der Waals surface area contributed by atoms with Gasteiger partial charge in [0.25, 0.3) is 0 Å². The van der Waals surface area contributed by atoms with Crippen LogP contribution in [0.4, 0.5) is 10.5 Å². The molecule has 2 aromatic carbocycles. The number of rotatable bonds is 25. The molecule has 0 saturated carbocycles. The third-order valence-corrected chi connectivity index (χ3v) is 14.1. The summed E-state index contributed by atoms with van der Waals surface area (Å²) in [5.41, 5.74) is 1.09. The summed E-state index contributed by atoms with van der Waals surface area (Å²) >= 11 is 1.55. The Morgan fingerprint density at radius 1 is 0.924 bits per heavy atom. The topological polar surface area (TPSA) is 174 Å². The van der Waals surface area contributed by atoms with Crippen LogP contribution in [0.15, 0.2) is 66.2 Å². The first-order valence-corrected chi connectivity index (χ1v) is 24.1. The van der Waals surface area contributed by atoms with E-state index in [1.54, 1.807) is 81.8 Å². The number of nitrogens with zero attached hydrogens (tertiary/aromatic N) is 3. The maximum absolute atomic E-state index is 14.5. The van der Waals surface area contributed by atoms with Gasteiger partial charge in [-0.15, -0.1) is 11.3 Å². The van der Waals surface area contributed by atoms with Crippen molar-refractivity contribution in [3.8, 4) is 0 Å². The summed E-state index contributed by atoms with van der Waals surface area (Å²) in [6, 6.07) is 16.1. The molecular weight excluding hydrogens is 859 g/mol. The van der Waals surface area contributed by atoms with E-state index in [2.05, 4.69) is 27.8 Å². The van der Waals surface area contributed by atoms with Gasteiger partial charge < -0.3 is 34.6 Å². The fourth-order valence-electron chi connectivity index (χ4n) is 9.07. The number of ether oxygens (including phenoxy) is 3. The number of thiazole rings is 1. The summed E-state index contributed by atoms with van der Waals surface area (Å²) in [5.74, 6) is -2.47. The van der Waals surface area contributed by atoms with Crippen molar-refractivity contribution in [1.82, 2.24) is 20.1 Å². The first-order valence-electron chi connectivity index (χ1n) is 23.2. The number of anilines is 1. The van der Waals surface area contributed by atoms with E-state index in [9.17, 15) is 28.8 Å². The molecule has 1 saturated heterocycles. The number of carbonyl (C=O) groups is 6. The van der Waals surface area contributed by atoms with Crippen molar-refractivity contribution in [3.63, 3.8) is 0 Å². The van der Waals surface area contributed by atoms with Crippen molar-refractivity contribution in [3.05, 3.63) is 82.3 Å². The second kappa shape index (κ2) is 25.2. The fourth-order valence-corrected chi connectivity index (χ4v) is 9.81. The molecule has 0 bridgehead atoms. The van der Waals surface area contributed by atoms with Gasteiger partial charge >= 0.3 is 6.09 Å². The highest BCUT2D eigenvalue weighted by molar-refractivity contribution is 7.09. The molecule has 4 amide bonds. The van der Waals surface area contributed by atoms with E-state index in [1.165, 1.54) is 6.92 Å². The Balaban J connectivity index is 1.42. The molecule has 1 fully saturated rings. The molecule has 0 spiro atoms. The van der Waals surface area contributed by atoms with Gasteiger partial charge in [0.15, 0.2) is 5.78 Å². The van der Waals surface area contributed by atoms with Gasteiger partial charge in [0.1, 0.15) is 12.4 Å². The molecule has 15 heteroatoms. The number of alkyl carbamates (subject to hydrolysis) is 1. The zero-order chi connectivity index (χ0) is 48.7. The van der Waals surface area contributed by atoms with Crippen molar-refractivity contribution in [2.45, 2.75) is 143 Å². The molecule has 0 radical (unpaired) electrons. The Hall–Kier alpha value is -4.99. The number of Topliss-reactive ketones (excluding diaryl/α,β-unsaturated/α-hetero) is 2. The van der Waals surface area contributed by atoms with E-state index < -0.39 is 41.7 Å². The number of hydrogen-bond acceptors (Lipinski definition) is 11. The second-order valence-corrected chi connectivity index (χ2v) is 19.6. The minimum atomic E-state index is -1.35. The quantitative estimate of drug-likeness (QED) is 0.0843. The number of methoxy groups -OCH3 is 2. The average molecular weight is 932 g/mol. The largest absolute Gasteiger partial charge is 0.445 e. The lowest BCUT2D eigenvalue weighted by atomic mass is 9.83. The van der Waals surface area contributed by atoms with Crippen LogP contribution in [0.1, 0.15) is 116 Å². The van der Waals surface area contributed by atoms with Crippen LogP contribution in [0, 0.1) is 23.7 Å². The van der Waals surface area contributed by atoms with Crippen molar-refractivity contribution < 1.29 is 43.0 Å². The summed E-state index contributed by atoms with van der Waals surface area (Å²) < 4.78 is 17.6. The van der Waals surface area contributed by atoms with Gasteiger partial charge in [-0.1, -0.05) is 83.5 Å². The summed E-state index contributed by atoms with van der Waals surface area (Å²) in [6.07, 6.45) is 2.80. The van der Waals surface area contributed by atoms with E-state index in [-0.39, 0.29) is 72.5 Å². The number of hydrogen-bond donors (Lipinski definition) is 2. The fraction of sp³-hybridized carbons (Fsp3) is 0.588. The first-order chi connectivity index (χ1) is 31.3. The van der Waals surface area contributed by atoms with E-state index in [4.69, 9.17) is 14.2 Å². The molecule has 3 aromatic rings. The van der Waals surface area contributed by atoms with Gasteiger partial charge in [0.05, 0.1) is 41.3 Å². The van der Waals surface area contributed by atoms with E-state index >= 15 is 0 Å². The smallest absolute Gasteiger partial charge is 0.408 e. The van der Waals surface area contributed by atoms with Crippen LogP contribution < -0.4 is 10.6 Å². The van der Waals surface area contributed by atoms with Gasteiger partial charge in [-0.05, 0) is 68.2 Å². The molecule has 66 heavy (non-hydrogen) atoms. The van der Waals surface area contributed by atoms with Crippen molar-refractivity contribution in [2.24, 2.45) is 23.7 Å². The molecule has 0 aliphatic carbocycles. The van der Waals surface area contributed by atoms with Crippen molar-refractivity contribution in [1.29, 1.82) is 0 Å². The van der Waals surface area contributed by atoms with Crippen LogP contribution in [0.25, 0.3) is 0 Å². The highest BCUT2D eigenvalue weighted by atomic mass is 32.1. The number of likely N-dealkylation sites (tertiary alicyclic amines) is 1. The summed E-state index contributed by atoms with van der Waals surface area (Å²) in [4.78, 5) is 89.2. The highest BCUT2D eigenvalue weighted by Crippen LogP contribution is 2.34. The molecule has 362 valence electrons. The number of likely N-dealkylation sites (N-methyl/N-ethyl adjacent to an activating group) is 1. The molecule has 1 aliphatic rings. The average Bonchev–Trinajstić information content (AvgIpc) is 4.01. The van der Waals surface area contributed by atoms with E-state index in [0.717, 1.165) is 17.0 Å². The molecule has 8 atom stereocenters. The highest BCUT2D eigenvalue weighted by Gasteiger charge is 2.44. The zero-order valence-electron chi connectivity index (χ0n) is 40.8. The number of amides is 4. The normalized spacial score (nSPS) is 17.2. The summed E-state index contributed by atoms with van der Waals surface area (Å²) in [6.45, 7) is 14.8. The third kappa shape index (κ3) is 14.8. The van der Waals surface area contributed by atoms with Crippen LogP contribution in [-0.4, -0.2) is 108 Å². The molecule has 1 aliphatic heterocycles. The molecule has 2 heterocycles. The molecule has 0 unspecified atom stereocenters. The number of aromatic nitrogens is 1. The number of ketones is 2.